The van der Waals surface area contributed by atoms with Crippen LogP contribution >= 0.6 is 0 Å². The number of allylic oxidation sites excluding steroid dienone is 1. The van der Waals surface area contributed by atoms with E-state index in [-0.39, 0.29) is 5.54 Å². The average Bonchev–Trinajstić information content (AvgIpc) is 2.71. The number of hydrogen-bond donors (Lipinski definition) is 1. The topological polar surface area (TPSA) is 21.3 Å². The first-order chi connectivity index (χ1) is 15.0. The lowest BCUT2D eigenvalue weighted by molar-refractivity contribution is -0.137. The van der Waals surface area contributed by atoms with Gasteiger partial charge in [-0.05, 0) is 73.9 Å². The second-order valence-corrected chi connectivity index (χ2v) is 8.88. The predicted molar refractivity (Wildman–Crippen MR) is 117 cm³/mol. The minimum atomic E-state index is -4.47. The normalized spacial score (nSPS) is 18.5. The number of benzene rings is 3. The number of fused-ring (bicyclic) bond motifs is 5. The lowest BCUT2D eigenvalue weighted by Crippen LogP contribution is -2.32. The van der Waals surface area contributed by atoms with Crippen LogP contribution in [0.1, 0.15) is 49.1 Å². The SMILES string of the molecule is CC1=CC(C)(C)Nc2ccc3c(c21)[C@@H](c1cccc(C(F)(F)F)c1)Oc1ccc(F)cc1-3. The van der Waals surface area contributed by atoms with Crippen LogP contribution in [0.3, 0.4) is 0 Å². The molecule has 2 heterocycles. The van der Waals surface area contributed by atoms with Gasteiger partial charge in [0, 0.05) is 22.4 Å². The number of nitrogens with one attached hydrogen (secondary N) is 1. The van der Waals surface area contributed by atoms with Gasteiger partial charge in [0.15, 0.2) is 6.10 Å². The molecule has 2 aliphatic heterocycles. The molecule has 1 N–H and O–H groups in total. The largest absolute Gasteiger partial charge is 0.480 e. The first-order valence-electron chi connectivity index (χ1n) is 10.3. The molecule has 32 heavy (non-hydrogen) atoms. The van der Waals surface area contributed by atoms with E-state index in [1.807, 2.05) is 32.9 Å². The van der Waals surface area contributed by atoms with E-state index in [1.165, 1.54) is 24.3 Å². The average molecular weight is 439 g/mol. The van der Waals surface area contributed by atoms with Crippen LogP contribution in [0, 0.1) is 5.82 Å². The summed E-state index contributed by atoms with van der Waals surface area (Å²) in [6, 6.07) is 13.2. The van der Waals surface area contributed by atoms with Gasteiger partial charge < -0.3 is 10.1 Å². The van der Waals surface area contributed by atoms with E-state index in [9.17, 15) is 17.6 Å². The summed E-state index contributed by atoms with van der Waals surface area (Å²) in [5, 5.41) is 3.47. The maximum atomic E-state index is 14.1. The lowest BCUT2D eigenvalue weighted by atomic mass is 9.80. The van der Waals surface area contributed by atoms with Crippen molar-refractivity contribution >= 4 is 11.3 Å². The van der Waals surface area contributed by atoms with Gasteiger partial charge in [-0.1, -0.05) is 24.3 Å². The summed E-state index contributed by atoms with van der Waals surface area (Å²) in [5.74, 6) is 0.0343. The van der Waals surface area contributed by atoms with Crippen molar-refractivity contribution in [1.29, 1.82) is 0 Å². The summed E-state index contributed by atoms with van der Waals surface area (Å²) in [5.41, 5.74) is 4.18. The van der Waals surface area contributed by atoms with E-state index >= 15 is 0 Å². The second-order valence-electron chi connectivity index (χ2n) is 8.88. The number of hydrogen-bond acceptors (Lipinski definition) is 2. The molecule has 3 aromatic carbocycles. The number of anilines is 1. The van der Waals surface area contributed by atoms with Gasteiger partial charge in [-0.3, -0.25) is 0 Å². The van der Waals surface area contributed by atoms with Crippen molar-refractivity contribution < 1.29 is 22.3 Å². The molecular weight excluding hydrogens is 418 g/mol. The van der Waals surface area contributed by atoms with Gasteiger partial charge in [0.25, 0.3) is 0 Å². The van der Waals surface area contributed by atoms with Crippen molar-refractivity contribution in [3.05, 3.63) is 88.7 Å². The van der Waals surface area contributed by atoms with Crippen LogP contribution in [0.15, 0.2) is 60.7 Å². The molecule has 0 saturated heterocycles. The maximum absolute atomic E-state index is 14.1. The molecule has 0 spiro atoms. The molecule has 164 valence electrons. The molecule has 2 aliphatic rings. The fraction of sp³-hybridized carbons (Fsp3) is 0.231. The highest BCUT2D eigenvalue weighted by Crippen LogP contribution is 2.51. The third-order valence-corrected chi connectivity index (χ3v) is 5.93. The van der Waals surface area contributed by atoms with Crippen LogP contribution in [-0.2, 0) is 6.18 Å². The van der Waals surface area contributed by atoms with Crippen LogP contribution in [0.4, 0.5) is 23.2 Å². The highest BCUT2D eigenvalue weighted by molar-refractivity contribution is 5.90. The van der Waals surface area contributed by atoms with Gasteiger partial charge in [0.05, 0.1) is 11.1 Å². The Morgan fingerprint density at radius 1 is 0.969 bits per heavy atom. The molecule has 2 nitrogen and oxygen atoms in total. The maximum Gasteiger partial charge on any atom is 0.416 e. The van der Waals surface area contributed by atoms with Crippen molar-refractivity contribution in [2.24, 2.45) is 0 Å². The third kappa shape index (κ3) is 3.34. The molecule has 0 aliphatic carbocycles. The molecule has 0 saturated carbocycles. The highest BCUT2D eigenvalue weighted by Gasteiger charge is 2.36. The quantitative estimate of drug-likeness (QED) is 0.394. The van der Waals surface area contributed by atoms with Gasteiger partial charge in [0.2, 0.25) is 0 Å². The predicted octanol–water partition coefficient (Wildman–Crippen LogP) is 7.60. The van der Waals surface area contributed by atoms with Crippen LogP contribution < -0.4 is 10.1 Å². The summed E-state index contributed by atoms with van der Waals surface area (Å²) >= 11 is 0. The van der Waals surface area contributed by atoms with Crippen molar-refractivity contribution in [3.8, 4) is 16.9 Å². The molecule has 6 heteroatoms. The molecule has 0 aromatic heterocycles. The third-order valence-electron chi connectivity index (χ3n) is 5.93. The standard InChI is InChI=1S/C26H21F4NO/c1-14-13-25(2,3)31-20-9-8-18-19-12-17(27)7-10-21(19)32-24(23(18)22(14)20)15-5-4-6-16(11-15)26(28,29)30/h4-13,24,31H,1-3H3/t24-/m1/s1. The molecular formula is C26H21F4NO. The Bertz CT molecular complexity index is 1270. The molecule has 0 bridgehead atoms. The summed E-state index contributed by atoms with van der Waals surface area (Å²) < 4.78 is 60.7. The summed E-state index contributed by atoms with van der Waals surface area (Å²) in [7, 11) is 0. The van der Waals surface area contributed by atoms with E-state index in [4.69, 9.17) is 4.74 Å². The first kappa shape index (κ1) is 20.6. The monoisotopic (exact) mass is 439 g/mol. The van der Waals surface area contributed by atoms with Gasteiger partial charge >= 0.3 is 6.18 Å². The molecule has 0 radical (unpaired) electrons. The smallest absolute Gasteiger partial charge is 0.416 e. The zero-order chi connectivity index (χ0) is 22.8. The van der Waals surface area contributed by atoms with Gasteiger partial charge in [0.1, 0.15) is 11.6 Å². The Balaban J connectivity index is 1.79. The number of alkyl halides is 3. The van der Waals surface area contributed by atoms with Crippen molar-refractivity contribution in [3.63, 3.8) is 0 Å². The van der Waals surface area contributed by atoms with Gasteiger partial charge in [-0.2, -0.15) is 13.2 Å². The van der Waals surface area contributed by atoms with Crippen LogP contribution in [0.2, 0.25) is 0 Å². The van der Waals surface area contributed by atoms with E-state index in [0.717, 1.165) is 40.1 Å². The second kappa shape index (κ2) is 6.86. The summed E-state index contributed by atoms with van der Waals surface area (Å²) in [4.78, 5) is 0. The van der Waals surface area contributed by atoms with Crippen molar-refractivity contribution in [2.45, 2.75) is 38.6 Å². The fourth-order valence-electron chi connectivity index (χ4n) is 4.77. The molecule has 1 atom stereocenters. The summed E-state index contributed by atoms with van der Waals surface area (Å²) in [6.07, 6.45) is -3.15. The minimum absolute atomic E-state index is 0.281. The Morgan fingerprint density at radius 2 is 1.75 bits per heavy atom. The summed E-state index contributed by atoms with van der Waals surface area (Å²) in [6.45, 7) is 6.07. The van der Waals surface area contributed by atoms with Gasteiger partial charge in [-0.25, -0.2) is 4.39 Å². The molecule has 0 amide bonds. The molecule has 5 rings (SSSR count). The fourth-order valence-corrected chi connectivity index (χ4v) is 4.77. The van der Waals surface area contributed by atoms with Crippen LogP contribution in [0.25, 0.3) is 16.7 Å². The Kier molecular flexibility index (Phi) is 4.42. The number of ether oxygens (including phenoxy) is 1. The van der Waals surface area contributed by atoms with Crippen molar-refractivity contribution in [2.75, 3.05) is 5.32 Å². The van der Waals surface area contributed by atoms with Crippen LogP contribution in [0.5, 0.6) is 5.75 Å². The van der Waals surface area contributed by atoms with Crippen LogP contribution in [-0.4, -0.2) is 5.54 Å². The Hall–Kier alpha value is -3.28. The minimum Gasteiger partial charge on any atom is -0.480 e. The molecule has 0 unspecified atom stereocenters. The lowest BCUT2D eigenvalue weighted by Gasteiger charge is -2.37. The van der Waals surface area contributed by atoms with Crippen molar-refractivity contribution in [1.82, 2.24) is 0 Å². The van der Waals surface area contributed by atoms with Gasteiger partial charge in [-0.15, -0.1) is 0 Å². The first-order valence-corrected chi connectivity index (χ1v) is 10.3. The highest BCUT2D eigenvalue weighted by atomic mass is 19.4. The van der Waals surface area contributed by atoms with E-state index in [2.05, 4.69) is 11.4 Å². The zero-order valence-electron chi connectivity index (χ0n) is 17.8. The number of halogens is 4. The van der Waals surface area contributed by atoms with E-state index in [0.29, 0.717) is 16.9 Å². The zero-order valence-corrected chi connectivity index (χ0v) is 17.8. The number of rotatable bonds is 1. The Labute approximate surface area is 183 Å². The molecule has 3 aromatic rings. The molecule has 0 fully saturated rings. The van der Waals surface area contributed by atoms with E-state index < -0.39 is 23.7 Å². The van der Waals surface area contributed by atoms with E-state index in [1.54, 1.807) is 6.07 Å². The Morgan fingerprint density at radius 3 is 2.50 bits per heavy atom.